The van der Waals surface area contributed by atoms with Gasteiger partial charge in [0.05, 0.1) is 17.1 Å². The van der Waals surface area contributed by atoms with Gasteiger partial charge in [0.15, 0.2) is 0 Å². The van der Waals surface area contributed by atoms with E-state index in [-0.39, 0.29) is 0 Å². The summed E-state index contributed by atoms with van der Waals surface area (Å²) >= 11 is 3.44. The Balaban J connectivity index is 1.66. The maximum Gasteiger partial charge on any atom is 0.145 e. The minimum Gasteiger partial charge on any atom is -0.382 e. The zero-order valence-corrected chi connectivity index (χ0v) is 16.0. The average molecular weight is 411 g/mol. The number of halogens is 1. The zero-order chi connectivity index (χ0) is 18.5. The van der Waals surface area contributed by atoms with Crippen LogP contribution >= 0.6 is 15.9 Å². The van der Waals surface area contributed by atoms with Crippen LogP contribution in [0.1, 0.15) is 23.4 Å². The molecular weight excluding hydrogens is 392 g/mol. The molecule has 3 N–H and O–H groups in total. The largest absolute Gasteiger partial charge is 0.382 e. The molecule has 0 amide bonds. The number of nitrogens with two attached hydrogens (primary N) is 1. The van der Waals surface area contributed by atoms with Crippen LogP contribution < -0.4 is 11.1 Å². The lowest BCUT2D eigenvalue weighted by Gasteiger charge is -2.06. The second-order valence-electron chi connectivity index (χ2n) is 5.86. The predicted molar refractivity (Wildman–Crippen MR) is 106 cm³/mol. The fourth-order valence-electron chi connectivity index (χ4n) is 2.66. The third kappa shape index (κ3) is 3.86. The summed E-state index contributed by atoms with van der Waals surface area (Å²) in [5.74, 6) is 1.22. The van der Waals surface area contributed by atoms with Gasteiger partial charge in [-0.2, -0.15) is 10.4 Å². The van der Waals surface area contributed by atoms with Crippen LogP contribution in [0.3, 0.4) is 0 Å². The number of benzene rings is 1. The minimum atomic E-state index is 0.381. The van der Waals surface area contributed by atoms with E-state index in [1.165, 1.54) is 0 Å². The molecule has 0 fully saturated rings. The molecule has 0 bridgehead atoms. The van der Waals surface area contributed by atoms with Crippen molar-refractivity contribution in [3.8, 4) is 11.8 Å². The van der Waals surface area contributed by atoms with Crippen molar-refractivity contribution in [2.45, 2.75) is 19.8 Å². The zero-order valence-electron chi connectivity index (χ0n) is 14.4. The SMILES string of the molecule is Cc1nc(NCCCc2nn(-c3ccccc3)c(N)c2C#N)ccc1Br. The maximum atomic E-state index is 9.44. The van der Waals surface area contributed by atoms with E-state index in [1.54, 1.807) is 4.68 Å². The van der Waals surface area contributed by atoms with E-state index in [1.807, 2.05) is 49.4 Å². The molecule has 0 saturated carbocycles. The van der Waals surface area contributed by atoms with E-state index >= 15 is 0 Å². The highest BCUT2D eigenvalue weighted by Crippen LogP contribution is 2.21. The number of nitrogens with one attached hydrogen (secondary N) is 1. The molecule has 132 valence electrons. The number of pyridine rings is 1. The Labute approximate surface area is 160 Å². The quantitative estimate of drug-likeness (QED) is 0.602. The van der Waals surface area contributed by atoms with Crippen LogP contribution in [-0.4, -0.2) is 21.3 Å². The number of aromatic nitrogens is 3. The fraction of sp³-hybridized carbons (Fsp3) is 0.211. The van der Waals surface area contributed by atoms with Crippen molar-refractivity contribution < 1.29 is 0 Å². The molecule has 2 heterocycles. The average Bonchev–Trinajstić information content (AvgIpc) is 2.98. The van der Waals surface area contributed by atoms with Crippen molar-refractivity contribution in [1.29, 1.82) is 5.26 Å². The molecular formula is C19H19BrN6. The molecule has 0 unspecified atom stereocenters. The number of nitrogen functional groups attached to an aromatic ring is 1. The number of rotatable bonds is 6. The Bertz CT molecular complexity index is 943. The molecule has 2 aromatic heterocycles. The Hall–Kier alpha value is -2.85. The first-order chi connectivity index (χ1) is 12.6. The Morgan fingerprint density at radius 2 is 2.00 bits per heavy atom. The number of hydrogen-bond donors (Lipinski definition) is 2. The predicted octanol–water partition coefficient (Wildman–Crippen LogP) is 3.84. The van der Waals surface area contributed by atoms with Crippen molar-refractivity contribution in [3.63, 3.8) is 0 Å². The standard InChI is InChI=1S/C19H19BrN6/c1-13-16(20)9-10-18(24-13)23-11-5-8-17-15(12-21)19(22)26(25-17)14-6-3-2-4-7-14/h2-4,6-7,9-10H,5,8,11,22H2,1H3,(H,23,24). The van der Waals surface area contributed by atoms with Gasteiger partial charge < -0.3 is 11.1 Å². The van der Waals surface area contributed by atoms with Gasteiger partial charge in [0.2, 0.25) is 0 Å². The van der Waals surface area contributed by atoms with Crippen molar-refractivity contribution in [3.05, 3.63) is 63.9 Å². The van der Waals surface area contributed by atoms with Crippen LogP contribution in [-0.2, 0) is 6.42 Å². The van der Waals surface area contributed by atoms with Gasteiger partial charge >= 0.3 is 0 Å². The van der Waals surface area contributed by atoms with Gasteiger partial charge in [-0.3, -0.25) is 0 Å². The van der Waals surface area contributed by atoms with Crippen LogP contribution in [0.5, 0.6) is 0 Å². The molecule has 0 saturated heterocycles. The number of nitriles is 1. The monoisotopic (exact) mass is 410 g/mol. The Kier molecular flexibility index (Phi) is 5.54. The molecule has 0 aliphatic rings. The second-order valence-corrected chi connectivity index (χ2v) is 6.71. The van der Waals surface area contributed by atoms with Crippen LogP contribution in [0, 0.1) is 18.3 Å². The number of aryl methyl sites for hydroxylation is 2. The molecule has 0 aliphatic heterocycles. The molecule has 3 aromatic rings. The lowest BCUT2D eigenvalue weighted by atomic mass is 10.1. The van der Waals surface area contributed by atoms with E-state index in [2.05, 4.69) is 37.4 Å². The Morgan fingerprint density at radius 3 is 2.69 bits per heavy atom. The Morgan fingerprint density at radius 1 is 1.23 bits per heavy atom. The van der Waals surface area contributed by atoms with Crippen molar-refractivity contribution in [1.82, 2.24) is 14.8 Å². The first-order valence-electron chi connectivity index (χ1n) is 8.30. The van der Waals surface area contributed by atoms with Gasteiger partial charge in [-0.25, -0.2) is 9.67 Å². The summed E-state index contributed by atoms with van der Waals surface area (Å²) in [6.45, 7) is 2.69. The highest BCUT2D eigenvalue weighted by Gasteiger charge is 2.16. The summed E-state index contributed by atoms with van der Waals surface area (Å²) < 4.78 is 2.62. The number of anilines is 2. The summed E-state index contributed by atoms with van der Waals surface area (Å²) in [4.78, 5) is 4.46. The van der Waals surface area contributed by atoms with E-state index in [4.69, 9.17) is 5.73 Å². The summed E-state index contributed by atoms with van der Waals surface area (Å²) in [6.07, 6.45) is 1.48. The molecule has 26 heavy (non-hydrogen) atoms. The van der Waals surface area contributed by atoms with Gasteiger partial charge in [0.25, 0.3) is 0 Å². The highest BCUT2D eigenvalue weighted by molar-refractivity contribution is 9.10. The third-order valence-electron chi connectivity index (χ3n) is 4.02. The first-order valence-corrected chi connectivity index (χ1v) is 9.09. The van der Waals surface area contributed by atoms with Gasteiger partial charge in [-0.15, -0.1) is 0 Å². The molecule has 0 aliphatic carbocycles. The molecule has 0 spiro atoms. The topological polar surface area (TPSA) is 92.6 Å². The second kappa shape index (κ2) is 8.02. The van der Waals surface area contributed by atoms with Gasteiger partial charge in [0.1, 0.15) is 23.3 Å². The van der Waals surface area contributed by atoms with E-state index < -0.39 is 0 Å². The van der Waals surface area contributed by atoms with E-state index in [0.717, 1.165) is 40.3 Å². The first kappa shape index (κ1) is 18.0. The lowest BCUT2D eigenvalue weighted by Crippen LogP contribution is -2.06. The number of para-hydroxylation sites is 1. The lowest BCUT2D eigenvalue weighted by molar-refractivity contribution is 0.789. The molecule has 7 heteroatoms. The summed E-state index contributed by atoms with van der Waals surface area (Å²) in [6, 6.07) is 15.7. The number of hydrogen-bond acceptors (Lipinski definition) is 5. The molecule has 3 rings (SSSR count). The van der Waals surface area contributed by atoms with Crippen LogP contribution in [0.25, 0.3) is 5.69 Å². The maximum absolute atomic E-state index is 9.44. The van der Waals surface area contributed by atoms with Crippen molar-refractivity contribution >= 4 is 27.6 Å². The summed E-state index contributed by atoms with van der Waals surface area (Å²) in [7, 11) is 0. The van der Waals surface area contributed by atoms with Gasteiger partial charge in [0, 0.05) is 11.0 Å². The van der Waals surface area contributed by atoms with Crippen LogP contribution in [0.4, 0.5) is 11.6 Å². The van der Waals surface area contributed by atoms with Crippen LogP contribution in [0.2, 0.25) is 0 Å². The van der Waals surface area contributed by atoms with Crippen molar-refractivity contribution in [2.75, 3.05) is 17.6 Å². The minimum absolute atomic E-state index is 0.381. The molecule has 0 atom stereocenters. The molecule has 0 radical (unpaired) electrons. The molecule has 6 nitrogen and oxygen atoms in total. The summed E-state index contributed by atoms with van der Waals surface area (Å²) in [5.41, 5.74) is 9.08. The van der Waals surface area contributed by atoms with E-state index in [0.29, 0.717) is 17.8 Å². The van der Waals surface area contributed by atoms with Gasteiger partial charge in [-0.05, 0) is 60.0 Å². The fourth-order valence-corrected chi connectivity index (χ4v) is 2.88. The highest BCUT2D eigenvalue weighted by atomic mass is 79.9. The summed E-state index contributed by atoms with van der Waals surface area (Å²) in [5, 5.41) is 17.3. The van der Waals surface area contributed by atoms with E-state index in [9.17, 15) is 5.26 Å². The van der Waals surface area contributed by atoms with Crippen molar-refractivity contribution in [2.24, 2.45) is 0 Å². The normalized spacial score (nSPS) is 10.5. The molecule has 1 aromatic carbocycles. The third-order valence-corrected chi connectivity index (χ3v) is 4.86. The smallest absolute Gasteiger partial charge is 0.145 e. The number of nitrogens with zero attached hydrogens (tertiary/aromatic N) is 4. The van der Waals surface area contributed by atoms with Crippen LogP contribution in [0.15, 0.2) is 46.9 Å². The van der Waals surface area contributed by atoms with Gasteiger partial charge in [-0.1, -0.05) is 18.2 Å².